The summed E-state index contributed by atoms with van der Waals surface area (Å²) in [6.45, 7) is 3.69. The van der Waals surface area contributed by atoms with Crippen molar-refractivity contribution in [2.75, 3.05) is 18.9 Å². The Hall–Kier alpha value is -4.04. The molecule has 3 heterocycles. The number of ether oxygens (including phenoxy) is 4. The van der Waals surface area contributed by atoms with Crippen molar-refractivity contribution in [1.82, 2.24) is 19.7 Å². The number of nitrogen functional groups attached to an aromatic ring is 1. The summed E-state index contributed by atoms with van der Waals surface area (Å²) in [6.07, 6.45) is -1.20. The molecule has 0 amide bonds. The minimum atomic E-state index is -4.29. The number of para-hydroxylation sites is 1. The van der Waals surface area contributed by atoms with Crippen LogP contribution in [0.3, 0.4) is 0 Å². The molecule has 236 valence electrons. The number of hydrogen-bond donors (Lipinski definition) is 2. The summed E-state index contributed by atoms with van der Waals surface area (Å²) >= 11 is 0. The first-order valence-corrected chi connectivity index (χ1v) is 15.6. The fourth-order valence-corrected chi connectivity index (χ4v) is 6.23. The van der Waals surface area contributed by atoms with Crippen LogP contribution in [0.1, 0.15) is 45.4 Å². The van der Waals surface area contributed by atoms with E-state index in [4.69, 9.17) is 33.7 Å². The molecule has 2 aliphatic rings. The first kappa shape index (κ1) is 31.4. The molecule has 5 rings (SSSR count). The smallest absolute Gasteiger partial charge is 0.459 e. The summed E-state index contributed by atoms with van der Waals surface area (Å²) in [5.74, 6) is -1.20. The highest BCUT2D eigenvalue weighted by molar-refractivity contribution is 7.52. The van der Waals surface area contributed by atoms with Crippen LogP contribution in [0.25, 0.3) is 5.52 Å². The molecule has 1 saturated carbocycles. The summed E-state index contributed by atoms with van der Waals surface area (Å²) in [4.78, 5) is 40.9. The number of carbonyl (C=O) groups is 3. The van der Waals surface area contributed by atoms with E-state index in [1.54, 1.807) is 42.5 Å². The van der Waals surface area contributed by atoms with Gasteiger partial charge in [0, 0.05) is 13.8 Å². The minimum absolute atomic E-state index is 0.207. The molecule has 2 fully saturated rings. The van der Waals surface area contributed by atoms with E-state index >= 15 is 0 Å². The predicted molar refractivity (Wildman–Crippen MR) is 153 cm³/mol. The third-order valence-electron chi connectivity index (χ3n) is 6.96. The van der Waals surface area contributed by atoms with Crippen molar-refractivity contribution in [2.45, 2.75) is 64.1 Å². The summed E-state index contributed by atoms with van der Waals surface area (Å²) in [5, 5.41) is 6.86. The number of nitrogens with two attached hydrogens (primary N) is 1. The molecule has 1 aliphatic heterocycles. The number of nitrogens with one attached hydrogen (secondary N) is 1. The van der Waals surface area contributed by atoms with Gasteiger partial charge in [0.25, 0.3) is 0 Å². The Bertz CT molecular complexity index is 1550. The molecule has 1 saturated heterocycles. The summed E-state index contributed by atoms with van der Waals surface area (Å²) in [6, 6.07) is 10.5. The van der Waals surface area contributed by atoms with E-state index in [2.05, 4.69) is 15.2 Å². The molecule has 6 atom stereocenters. The number of rotatable bonds is 13. The third-order valence-corrected chi connectivity index (χ3v) is 8.60. The van der Waals surface area contributed by atoms with E-state index in [1.165, 1.54) is 31.6 Å². The van der Waals surface area contributed by atoms with Crippen LogP contribution in [0, 0.1) is 5.92 Å². The maximum Gasteiger partial charge on any atom is 0.459 e. The Morgan fingerprint density at radius 2 is 1.77 bits per heavy atom. The van der Waals surface area contributed by atoms with Crippen molar-refractivity contribution in [2.24, 2.45) is 5.92 Å². The molecule has 2 aromatic heterocycles. The van der Waals surface area contributed by atoms with E-state index in [0.717, 1.165) is 12.8 Å². The molecular formula is C28H34N5O10P. The zero-order valence-electron chi connectivity index (χ0n) is 24.4. The molecule has 0 radical (unpaired) electrons. The maximum absolute atomic E-state index is 14.1. The molecule has 3 aromatic rings. The largest absolute Gasteiger partial charge is 0.464 e. The van der Waals surface area contributed by atoms with Gasteiger partial charge in [-0.3, -0.25) is 18.9 Å². The van der Waals surface area contributed by atoms with Crippen LogP contribution >= 0.6 is 7.75 Å². The van der Waals surface area contributed by atoms with Gasteiger partial charge in [0.2, 0.25) is 0 Å². The van der Waals surface area contributed by atoms with Crippen LogP contribution in [-0.4, -0.2) is 70.1 Å². The predicted octanol–water partition coefficient (Wildman–Crippen LogP) is 2.75. The van der Waals surface area contributed by atoms with Crippen molar-refractivity contribution in [3.05, 3.63) is 54.5 Å². The second-order valence-electron chi connectivity index (χ2n) is 10.6. The van der Waals surface area contributed by atoms with Gasteiger partial charge < -0.3 is 29.2 Å². The van der Waals surface area contributed by atoms with Crippen LogP contribution in [0.2, 0.25) is 0 Å². The molecule has 15 nitrogen and oxygen atoms in total. The number of anilines is 1. The van der Waals surface area contributed by atoms with Gasteiger partial charge in [-0.25, -0.2) is 14.1 Å². The lowest BCUT2D eigenvalue weighted by Crippen LogP contribution is -2.40. The van der Waals surface area contributed by atoms with Gasteiger partial charge in [-0.15, -0.1) is 0 Å². The lowest BCUT2D eigenvalue weighted by molar-refractivity contribution is -0.164. The van der Waals surface area contributed by atoms with Gasteiger partial charge in [0.15, 0.2) is 18.0 Å². The number of aromatic nitrogens is 3. The average Bonchev–Trinajstić information content (AvgIpc) is 3.62. The van der Waals surface area contributed by atoms with Crippen molar-refractivity contribution >= 4 is 37.0 Å². The number of carbonyl (C=O) groups excluding carboxylic acids is 3. The lowest BCUT2D eigenvalue weighted by atomic mass is 10.1. The first-order valence-electron chi connectivity index (χ1n) is 14.0. The molecule has 0 unspecified atom stereocenters. The molecule has 1 aromatic carbocycles. The third kappa shape index (κ3) is 7.53. The molecule has 0 bridgehead atoms. The highest BCUT2D eigenvalue weighted by Gasteiger charge is 2.51. The first-order chi connectivity index (χ1) is 21.0. The Labute approximate surface area is 252 Å². The molecule has 44 heavy (non-hydrogen) atoms. The van der Waals surface area contributed by atoms with Crippen LogP contribution in [0.5, 0.6) is 5.75 Å². The van der Waals surface area contributed by atoms with Crippen molar-refractivity contribution in [1.29, 1.82) is 0 Å². The number of nitrogens with zero attached hydrogens (tertiary/aromatic N) is 3. The second kappa shape index (κ2) is 13.3. The number of benzene rings is 1. The highest BCUT2D eigenvalue weighted by atomic mass is 31.2. The summed E-state index contributed by atoms with van der Waals surface area (Å²) in [7, 11) is -4.29. The van der Waals surface area contributed by atoms with Crippen molar-refractivity contribution in [3.63, 3.8) is 0 Å². The van der Waals surface area contributed by atoms with E-state index in [1.807, 2.05) is 0 Å². The average molecular weight is 632 g/mol. The monoisotopic (exact) mass is 631 g/mol. The fraction of sp³-hybridized carbons (Fsp3) is 0.464. The zero-order chi connectivity index (χ0) is 31.4. The van der Waals surface area contributed by atoms with Gasteiger partial charge in [-0.05, 0) is 49.9 Å². The van der Waals surface area contributed by atoms with Gasteiger partial charge in [-0.2, -0.15) is 10.2 Å². The molecule has 0 spiro atoms. The normalized spacial score (nSPS) is 23.4. The van der Waals surface area contributed by atoms with Crippen LogP contribution in [0.4, 0.5) is 5.82 Å². The zero-order valence-corrected chi connectivity index (χ0v) is 25.3. The van der Waals surface area contributed by atoms with E-state index < -0.39 is 62.7 Å². The van der Waals surface area contributed by atoms with Crippen LogP contribution in [0.15, 0.2) is 48.8 Å². The van der Waals surface area contributed by atoms with E-state index in [9.17, 15) is 18.9 Å². The van der Waals surface area contributed by atoms with E-state index in [-0.39, 0.29) is 18.2 Å². The molecule has 16 heteroatoms. The highest BCUT2D eigenvalue weighted by Crippen LogP contribution is 2.47. The van der Waals surface area contributed by atoms with Crippen LogP contribution in [-0.2, 0) is 42.4 Å². The quantitative estimate of drug-likeness (QED) is 0.159. The molecule has 3 N–H and O–H groups in total. The summed E-state index contributed by atoms with van der Waals surface area (Å²) in [5.41, 5.74) is 6.89. The van der Waals surface area contributed by atoms with Gasteiger partial charge in [0.05, 0.1) is 18.9 Å². The van der Waals surface area contributed by atoms with Crippen molar-refractivity contribution < 1.29 is 46.9 Å². The lowest BCUT2D eigenvalue weighted by Gasteiger charge is -2.26. The van der Waals surface area contributed by atoms with Gasteiger partial charge >= 0.3 is 25.7 Å². The number of fused-ring (bicyclic) bond motifs is 1. The molecule has 1 aliphatic carbocycles. The van der Waals surface area contributed by atoms with Gasteiger partial charge in [0.1, 0.15) is 35.8 Å². The number of esters is 3. The fourth-order valence-electron chi connectivity index (χ4n) is 4.72. The topological polar surface area (TPSA) is 192 Å². The Balaban J connectivity index is 1.40. The van der Waals surface area contributed by atoms with Crippen LogP contribution < -0.4 is 15.3 Å². The van der Waals surface area contributed by atoms with Crippen molar-refractivity contribution in [3.8, 4) is 5.75 Å². The Morgan fingerprint density at radius 3 is 2.45 bits per heavy atom. The van der Waals surface area contributed by atoms with Gasteiger partial charge in [-0.1, -0.05) is 18.2 Å². The van der Waals surface area contributed by atoms with E-state index in [0.29, 0.717) is 17.1 Å². The number of hydrogen-bond acceptors (Lipinski definition) is 13. The maximum atomic E-state index is 14.1. The standard InChI is InChI=1S/C28H34N5O10P/c1-16(28(36)38-13-19-9-10-19)32-44(37,43-20-7-5-4-6-8-20)39-14-23-25(40-17(2)34)26(41-18(3)35)24(42-23)21-11-12-22-27(29)30-15-31-33(21)22/h4-8,11-12,15-16,19,23-26H,9-10,13-14H2,1-3H3,(H,32,37)(H2,29,30,31)/t16-,23+,24-,25+,26-,44+/m0/s1. The SMILES string of the molecule is CC(=O)O[C@@H]1[C@H](OC(C)=O)[C@@H](CO[P@](=O)(N[C@@H](C)C(=O)OCC2CC2)Oc2ccccc2)O[C@H]1c1ccc2c(N)ncnn12. The Kier molecular flexibility index (Phi) is 9.49. The molecular weight excluding hydrogens is 597 g/mol. The minimum Gasteiger partial charge on any atom is -0.464 e. The summed E-state index contributed by atoms with van der Waals surface area (Å²) < 4.78 is 49.8. The second-order valence-corrected chi connectivity index (χ2v) is 12.3. The Morgan fingerprint density at radius 1 is 1.07 bits per heavy atom.